The summed E-state index contributed by atoms with van der Waals surface area (Å²) >= 11 is 0. The van der Waals surface area contributed by atoms with Crippen LogP contribution in [0.25, 0.3) is 0 Å². The predicted octanol–water partition coefficient (Wildman–Crippen LogP) is 4.14. The van der Waals surface area contributed by atoms with Crippen molar-refractivity contribution in [3.05, 3.63) is 33.9 Å². The molecule has 0 aromatic heterocycles. The quantitative estimate of drug-likeness (QED) is 0.609. The number of aryl methyl sites for hydroxylation is 1. The molecule has 0 amide bonds. The van der Waals surface area contributed by atoms with Crippen LogP contribution in [-0.4, -0.2) is 11.0 Å². The van der Waals surface area contributed by atoms with Crippen molar-refractivity contribution < 1.29 is 4.92 Å². The molecular weight excluding hydrogens is 228 g/mol. The van der Waals surface area contributed by atoms with E-state index in [-0.39, 0.29) is 16.7 Å². The highest BCUT2D eigenvalue weighted by atomic mass is 16.6. The van der Waals surface area contributed by atoms with Gasteiger partial charge in [-0.2, -0.15) is 0 Å². The Morgan fingerprint density at radius 1 is 1.39 bits per heavy atom. The molecule has 18 heavy (non-hydrogen) atoms. The molecule has 4 heteroatoms. The summed E-state index contributed by atoms with van der Waals surface area (Å²) in [6, 6.07) is 5.40. The fraction of sp³-hybridized carbons (Fsp3) is 0.571. The minimum absolute atomic E-state index is 0.158. The number of para-hydroxylation sites is 1. The van der Waals surface area contributed by atoms with Crippen molar-refractivity contribution in [2.45, 2.75) is 46.6 Å². The number of benzene rings is 1. The first-order valence-corrected chi connectivity index (χ1v) is 6.46. The monoisotopic (exact) mass is 250 g/mol. The minimum atomic E-state index is -0.328. The zero-order valence-electron chi connectivity index (χ0n) is 11.6. The summed E-state index contributed by atoms with van der Waals surface area (Å²) in [5.74, 6) is 0.621. The molecule has 100 valence electrons. The van der Waals surface area contributed by atoms with E-state index in [1.165, 1.54) is 0 Å². The number of hydrogen-bond acceptors (Lipinski definition) is 3. The van der Waals surface area contributed by atoms with Gasteiger partial charge in [-0.1, -0.05) is 32.4 Å². The number of hydrogen-bond donors (Lipinski definition) is 1. The molecule has 1 N–H and O–H groups in total. The second-order valence-corrected chi connectivity index (χ2v) is 5.02. The molecule has 0 radical (unpaired) electrons. The van der Waals surface area contributed by atoms with Gasteiger partial charge in [0.2, 0.25) is 0 Å². The molecule has 0 saturated heterocycles. The molecule has 2 atom stereocenters. The van der Waals surface area contributed by atoms with E-state index >= 15 is 0 Å². The molecule has 0 bridgehead atoms. The standard InChI is InChI=1S/C14H22N2O2/c1-5-10(2)9-12(4)15-14-11(3)7-6-8-13(14)16(17)18/h6-8,10,12,15H,5,9H2,1-4H3. The molecule has 0 spiro atoms. The molecule has 4 nitrogen and oxygen atoms in total. The molecule has 1 rings (SSSR count). The summed E-state index contributed by atoms with van der Waals surface area (Å²) < 4.78 is 0. The summed E-state index contributed by atoms with van der Waals surface area (Å²) in [5.41, 5.74) is 1.73. The summed E-state index contributed by atoms with van der Waals surface area (Å²) in [5, 5.41) is 14.3. The molecule has 2 unspecified atom stereocenters. The van der Waals surface area contributed by atoms with Crippen LogP contribution in [0.15, 0.2) is 18.2 Å². The van der Waals surface area contributed by atoms with Gasteiger partial charge in [-0.15, -0.1) is 0 Å². The first-order chi connectivity index (χ1) is 8.45. The van der Waals surface area contributed by atoms with Crippen molar-refractivity contribution in [3.8, 4) is 0 Å². The Hall–Kier alpha value is -1.58. The van der Waals surface area contributed by atoms with Crippen LogP contribution in [0, 0.1) is 23.0 Å². The lowest BCUT2D eigenvalue weighted by molar-refractivity contribution is -0.384. The highest BCUT2D eigenvalue weighted by Gasteiger charge is 2.17. The van der Waals surface area contributed by atoms with Crippen LogP contribution >= 0.6 is 0 Å². The average Bonchev–Trinajstić information content (AvgIpc) is 2.31. The van der Waals surface area contributed by atoms with Gasteiger partial charge >= 0.3 is 0 Å². The molecule has 0 fully saturated rings. The lowest BCUT2D eigenvalue weighted by Gasteiger charge is -2.19. The Morgan fingerprint density at radius 2 is 2.06 bits per heavy atom. The Bertz CT molecular complexity index is 418. The van der Waals surface area contributed by atoms with Crippen LogP contribution in [-0.2, 0) is 0 Å². The number of anilines is 1. The number of nitro benzene ring substituents is 1. The van der Waals surface area contributed by atoms with Crippen LogP contribution in [0.5, 0.6) is 0 Å². The summed E-state index contributed by atoms with van der Waals surface area (Å²) in [6.07, 6.45) is 2.14. The van der Waals surface area contributed by atoms with Gasteiger partial charge in [0.05, 0.1) is 4.92 Å². The van der Waals surface area contributed by atoms with Gasteiger partial charge < -0.3 is 5.32 Å². The third-order valence-corrected chi connectivity index (χ3v) is 3.29. The minimum Gasteiger partial charge on any atom is -0.377 e. The Labute approximate surface area is 109 Å². The smallest absolute Gasteiger partial charge is 0.292 e. The highest BCUT2D eigenvalue weighted by Crippen LogP contribution is 2.29. The molecule has 0 aliphatic heterocycles. The Morgan fingerprint density at radius 3 is 2.61 bits per heavy atom. The van der Waals surface area contributed by atoms with Crippen LogP contribution in [0.2, 0.25) is 0 Å². The van der Waals surface area contributed by atoms with Crippen LogP contribution in [0.4, 0.5) is 11.4 Å². The molecule has 0 heterocycles. The van der Waals surface area contributed by atoms with Gasteiger partial charge in [-0.3, -0.25) is 10.1 Å². The largest absolute Gasteiger partial charge is 0.377 e. The lowest BCUT2D eigenvalue weighted by Crippen LogP contribution is -2.19. The van der Waals surface area contributed by atoms with E-state index in [0.717, 1.165) is 18.4 Å². The number of rotatable bonds is 6. The van der Waals surface area contributed by atoms with E-state index in [9.17, 15) is 10.1 Å². The maximum Gasteiger partial charge on any atom is 0.292 e. The molecule has 0 saturated carbocycles. The molecular formula is C14H22N2O2. The zero-order valence-corrected chi connectivity index (χ0v) is 11.6. The summed E-state index contributed by atoms with van der Waals surface area (Å²) in [6.45, 7) is 8.33. The van der Waals surface area contributed by atoms with Gasteiger partial charge in [-0.25, -0.2) is 0 Å². The van der Waals surface area contributed by atoms with E-state index in [4.69, 9.17) is 0 Å². The fourth-order valence-corrected chi connectivity index (χ4v) is 2.07. The van der Waals surface area contributed by atoms with E-state index < -0.39 is 0 Å². The van der Waals surface area contributed by atoms with Gasteiger partial charge in [0.15, 0.2) is 0 Å². The maximum absolute atomic E-state index is 11.0. The third kappa shape index (κ3) is 3.72. The fourth-order valence-electron chi connectivity index (χ4n) is 2.07. The molecule has 0 aliphatic carbocycles. The molecule has 0 aliphatic rings. The Kier molecular flexibility index (Phi) is 5.13. The van der Waals surface area contributed by atoms with Crippen molar-refractivity contribution >= 4 is 11.4 Å². The average molecular weight is 250 g/mol. The van der Waals surface area contributed by atoms with Crippen LogP contribution in [0.1, 0.15) is 39.2 Å². The number of nitrogens with one attached hydrogen (secondary N) is 1. The van der Waals surface area contributed by atoms with Crippen LogP contribution in [0.3, 0.4) is 0 Å². The summed E-state index contributed by atoms with van der Waals surface area (Å²) in [7, 11) is 0. The van der Waals surface area contributed by atoms with Gasteiger partial charge in [0, 0.05) is 12.1 Å². The molecule has 1 aromatic rings. The van der Waals surface area contributed by atoms with Gasteiger partial charge in [0.25, 0.3) is 5.69 Å². The van der Waals surface area contributed by atoms with Crippen molar-refractivity contribution in [2.75, 3.05) is 5.32 Å². The number of nitrogens with zero attached hydrogens (tertiary/aromatic N) is 1. The third-order valence-electron chi connectivity index (χ3n) is 3.29. The van der Waals surface area contributed by atoms with Crippen LogP contribution < -0.4 is 5.32 Å². The van der Waals surface area contributed by atoms with E-state index in [2.05, 4.69) is 26.1 Å². The first kappa shape index (κ1) is 14.5. The lowest BCUT2D eigenvalue weighted by atomic mass is 10.00. The van der Waals surface area contributed by atoms with E-state index in [1.54, 1.807) is 12.1 Å². The van der Waals surface area contributed by atoms with E-state index in [0.29, 0.717) is 11.6 Å². The van der Waals surface area contributed by atoms with Crippen molar-refractivity contribution in [1.82, 2.24) is 0 Å². The second-order valence-electron chi connectivity index (χ2n) is 5.02. The van der Waals surface area contributed by atoms with Gasteiger partial charge in [0.1, 0.15) is 5.69 Å². The predicted molar refractivity (Wildman–Crippen MR) is 75.0 cm³/mol. The highest BCUT2D eigenvalue weighted by molar-refractivity contribution is 5.66. The SMILES string of the molecule is CCC(C)CC(C)Nc1c(C)cccc1[N+](=O)[O-]. The topological polar surface area (TPSA) is 55.2 Å². The maximum atomic E-state index is 11.0. The summed E-state index contributed by atoms with van der Waals surface area (Å²) in [4.78, 5) is 10.7. The number of nitro groups is 1. The normalized spacial score (nSPS) is 14.0. The Balaban J connectivity index is 2.86. The van der Waals surface area contributed by atoms with Gasteiger partial charge in [-0.05, 0) is 31.7 Å². The second kappa shape index (κ2) is 6.38. The van der Waals surface area contributed by atoms with Crippen molar-refractivity contribution in [1.29, 1.82) is 0 Å². The molecule has 1 aromatic carbocycles. The first-order valence-electron chi connectivity index (χ1n) is 6.46. The van der Waals surface area contributed by atoms with Crippen molar-refractivity contribution in [3.63, 3.8) is 0 Å². The van der Waals surface area contributed by atoms with Crippen molar-refractivity contribution in [2.24, 2.45) is 5.92 Å². The van der Waals surface area contributed by atoms with E-state index in [1.807, 2.05) is 13.0 Å². The zero-order chi connectivity index (χ0) is 13.7.